The number of nitrogens with one attached hydrogen (secondary N) is 1. The maximum atomic E-state index is 13.4. The molecule has 3 rings (SSSR count). The predicted molar refractivity (Wildman–Crippen MR) is 122 cm³/mol. The third kappa shape index (κ3) is 5.29. The lowest BCUT2D eigenvalue weighted by atomic mass is 10.2. The van der Waals surface area contributed by atoms with E-state index in [2.05, 4.69) is 14.1 Å². The highest BCUT2D eigenvalue weighted by atomic mass is 32.1. The van der Waals surface area contributed by atoms with Crippen LogP contribution < -0.4 is 19.3 Å². The Labute approximate surface area is 182 Å². The fraction of sp³-hybridized carbons (Fsp3) is 0.391. The number of amides is 1. The van der Waals surface area contributed by atoms with Gasteiger partial charge >= 0.3 is 0 Å². The molecule has 1 heterocycles. The van der Waals surface area contributed by atoms with Crippen molar-refractivity contribution in [3.8, 4) is 11.5 Å². The summed E-state index contributed by atoms with van der Waals surface area (Å²) in [5.41, 5.74) is 1.41. The standard InChI is InChI=1S/C23H29N3O3S/c1-16(2)29-18-12-10-17(11-13-18)22(27)26(15-7-14-25(3)4)23-24-21-19(28-5)8-6-9-20(21)30-23/h6,8-13,16H,7,14-15H2,1-5H3/p+1. The van der Waals surface area contributed by atoms with Gasteiger partial charge in [0, 0.05) is 18.5 Å². The molecule has 0 unspecified atom stereocenters. The van der Waals surface area contributed by atoms with Crippen molar-refractivity contribution in [3.05, 3.63) is 48.0 Å². The van der Waals surface area contributed by atoms with E-state index in [1.165, 1.54) is 16.2 Å². The fourth-order valence-electron chi connectivity index (χ4n) is 3.17. The number of quaternary nitrogens is 1. The Hall–Kier alpha value is -2.64. The minimum atomic E-state index is -0.0575. The molecule has 2 aromatic carbocycles. The number of carbonyl (C=O) groups excluding carboxylic acids is 1. The number of rotatable bonds is 9. The van der Waals surface area contributed by atoms with Crippen LogP contribution in [-0.4, -0.2) is 51.3 Å². The van der Waals surface area contributed by atoms with Crippen molar-refractivity contribution in [2.45, 2.75) is 26.4 Å². The molecule has 1 amide bonds. The fourth-order valence-corrected chi connectivity index (χ4v) is 4.18. The van der Waals surface area contributed by atoms with Gasteiger partial charge in [-0.3, -0.25) is 9.69 Å². The van der Waals surface area contributed by atoms with Crippen molar-refractivity contribution in [1.82, 2.24) is 4.98 Å². The molecule has 1 aromatic heterocycles. The zero-order valence-electron chi connectivity index (χ0n) is 18.3. The van der Waals surface area contributed by atoms with E-state index in [9.17, 15) is 4.79 Å². The van der Waals surface area contributed by atoms with Gasteiger partial charge in [0.15, 0.2) is 5.13 Å². The molecule has 0 fully saturated rings. The van der Waals surface area contributed by atoms with Gasteiger partial charge in [-0.25, -0.2) is 4.98 Å². The summed E-state index contributed by atoms with van der Waals surface area (Å²) in [4.78, 5) is 21.3. The summed E-state index contributed by atoms with van der Waals surface area (Å²) >= 11 is 1.51. The third-order valence-corrected chi connectivity index (χ3v) is 5.64. The molecule has 0 aliphatic rings. The molecule has 1 N–H and O–H groups in total. The van der Waals surface area contributed by atoms with Gasteiger partial charge in [-0.05, 0) is 50.2 Å². The molecule has 0 bridgehead atoms. The Bertz CT molecular complexity index is 983. The number of ether oxygens (including phenoxy) is 2. The second-order valence-corrected chi connectivity index (χ2v) is 8.77. The van der Waals surface area contributed by atoms with Gasteiger partial charge in [-0.1, -0.05) is 17.4 Å². The number of fused-ring (bicyclic) bond motifs is 1. The van der Waals surface area contributed by atoms with Crippen LogP contribution in [0.25, 0.3) is 10.2 Å². The Morgan fingerprint density at radius 2 is 1.90 bits per heavy atom. The summed E-state index contributed by atoms with van der Waals surface area (Å²) in [6, 6.07) is 13.2. The average molecular weight is 429 g/mol. The Morgan fingerprint density at radius 3 is 2.53 bits per heavy atom. The van der Waals surface area contributed by atoms with Gasteiger partial charge < -0.3 is 14.4 Å². The number of anilines is 1. The monoisotopic (exact) mass is 428 g/mol. The van der Waals surface area contributed by atoms with Crippen molar-refractivity contribution in [2.75, 3.05) is 39.2 Å². The summed E-state index contributed by atoms with van der Waals surface area (Å²) < 4.78 is 12.1. The predicted octanol–water partition coefficient (Wildman–Crippen LogP) is 3.27. The molecule has 7 heteroatoms. The molecule has 30 heavy (non-hydrogen) atoms. The topological polar surface area (TPSA) is 56.1 Å². The molecule has 6 nitrogen and oxygen atoms in total. The lowest BCUT2D eigenvalue weighted by Crippen LogP contribution is -3.05. The number of hydrogen-bond acceptors (Lipinski definition) is 5. The highest BCUT2D eigenvalue weighted by Gasteiger charge is 2.22. The quantitative estimate of drug-likeness (QED) is 0.568. The van der Waals surface area contributed by atoms with E-state index in [0.29, 0.717) is 17.2 Å². The summed E-state index contributed by atoms with van der Waals surface area (Å²) in [5, 5.41) is 0.691. The van der Waals surface area contributed by atoms with Crippen LogP contribution in [-0.2, 0) is 0 Å². The van der Waals surface area contributed by atoms with E-state index < -0.39 is 0 Å². The van der Waals surface area contributed by atoms with Crippen molar-refractivity contribution >= 4 is 32.6 Å². The average Bonchev–Trinajstić information content (AvgIpc) is 3.14. The number of aromatic nitrogens is 1. The van der Waals surface area contributed by atoms with Gasteiger partial charge in [0.2, 0.25) is 0 Å². The van der Waals surface area contributed by atoms with Gasteiger partial charge in [-0.2, -0.15) is 0 Å². The van der Waals surface area contributed by atoms with Gasteiger partial charge in [0.25, 0.3) is 5.91 Å². The lowest BCUT2D eigenvalue weighted by Gasteiger charge is -2.20. The number of nitrogens with zero attached hydrogens (tertiary/aromatic N) is 2. The summed E-state index contributed by atoms with van der Waals surface area (Å²) in [7, 11) is 5.86. The zero-order chi connectivity index (χ0) is 21.7. The molecule has 0 radical (unpaired) electrons. The van der Waals surface area contributed by atoms with Crippen molar-refractivity contribution in [2.24, 2.45) is 0 Å². The summed E-state index contributed by atoms with van der Waals surface area (Å²) in [6.45, 7) is 5.54. The molecule has 0 saturated heterocycles. The first-order chi connectivity index (χ1) is 14.4. The van der Waals surface area contributed by atoms with Crippen molar-refractivity contribution in [1.29, 1.82) is 0 Å². The minimum Gasteiger partial charge on any atom is -0.494 e. The number of benzene rings is 2. The van der Waals surface area contributed by atoms with Gasteiger partial charge in [0.1, 0.15) is 17.0 Å². The van der Waals surface area contributed by atoms with Crippen LogP contribution in [0.5, 0.6) is 11.5 Å². The van der Waals surface area contributed by atoms with Crippen molar-refractivity contribution in [3.63, 3.8) is 0 Å². The van der Waals surface area contributed by atoms with Crippen LogP contribution in [0.15, 0.2) is 42.5 Å². The molecule has 0 spiro atoms. The van der Waals surface area contributed by atoms with E-state index in [1.54, 1.807) is 12.0 Å². The zero-order valence-corrected chi connectivity index (χ0v) is 19.1. The molecule has 0 aliphatic carbocycles. The van der Waals surface area contributed by atoms with Crippen LogP contribution in [0.2, 0.25) is 0 Å². The first-order valence-electron chi connectivity index (χ1n) is 10.2. The first-order valence-corrected chi connectivity index (χ1v) is 11.0. The Kier molecular flexibility index (Phi) is 7.29. The number of carbonyl (C=O) groups is 1. The Balaban J connectivity index is 1.91. The van der Waals surface area contributed by atoms with Crippen LogP contribution in [0.4, 0.5) is 5.13 Å². The van der Waals surface area contributed by atoms with E-state index in [4.69, 9.17) is 14.5 Å². The highest BCUT2D eigenvalue weighted by molar-refractivity contribution is 7.22. The van der Waals surface area contributed by atoms with E-state index in [1.807, 2.05) is 56.3 Å². The molecule has 3 aromatic rings. The van der Waals surface area contributed by atoms with E-state index in [-0.39, 0.29) is 12.0 Å². The van der Waals surface area contributed by atoms with Crippen LogP contribution in [0.3, 0.4) is 0 Å². The van der Waals surface area contributed by atoms with Crippen LogP contribution >= 0.6 is 11.3 Å². The maximum Gasteiger partial charge on any atom is 0.260 e. The Morgan fingerprint density at radius 1 is 1.17 bits per heavy atom. The number of para-hydroxylation sites is 1. The largest absolute Gasteiger partial charge is 0.494 e. The molecule has 0 saturated carbocycles. The van der Waals surface area contributed by atoms with E-state index >= 15 is 0 Å². The number of hydrogen-bond donors (Lipinski definition) is 1. The smallest absolute Gasteiger partial charge is 0.260 e. The molecular weight excluding hydrogens is 398 g/mol. The third-order valence-electron chi connectivity index (χ3n) is 4.60. The number of methoxy groups -OCH3 is 1. The van der Waals surface area contributed by atoms with Gasteiger partial charge in [0.05, 0.1) is 38.6 Å². The summed E-state index contributed by atoms with van der Waals surface area (Å²) in [5.74, 6) is 1.42. The first kappa shape index (κ1) is 22.1. The van der Waals surface area contributed by atoms with Crippen LogP contribution in [0, 0.1) is 0 Å². The highest BCUT2D eigenvalue weighted by Crippen LogP contribution is 2.34. The van der Waals surface area contributed by atoms with Crippen LogP contribution in [0.1, 0.15) is 30.6 Å². The second-order valence-electron chi connectivity index (χ2n) is 7.76. The molecule has 0 atom stereocenters. The maximum absolute atomic E-state index is 13.4. The normalized spacial score (nSPS) is 11.3. The SMILES string of the molecule is COc1cccc2sc(N(CCC[NH+](C)C)C(=O)c3ccc(OC(C)C)cc3)nc12. The van der Waals surface area contributed by atoms with E-state index in [0.717, 1.165) is 34.7 Å². The lowest BCUT2D eigenvalue weighted by molar-refractivity contribution is -0.858. The minimum absolute atomic E-state index is 0.0575. The second kappa shape index (κ2) is 9.91. The molecular formula is C23H30N3O3S+. The van der Waals surface area contributed by atoms with Crippen molar-refractivity contribution < 1.29 is 19.2 Å². The summed E-state index contributed by atoms with van der Waals surface area (Å²) in [6.07, 6.45) is 0.977. The van der Waals surface area contributed by atoms with Gasteiger partial charge in [-0.15, -0.1) is 0 Å². The molecule has 0 aliphatic heterocycles. The molecule has 160 valence electrons. The number of thiazole rings is 1.